The molecule has 0 atom stereocenters. The van der Waals surface area contributed by atoms with E-state index < -0.39 is 5.60 Å². The van der Waals surface area contributed by atoms with Gasteiger partial charge in [0.25, 0.3) is 0 Å². The van der Waals surface area contributed by atoms with E-state index in [9.17, 15) is 9.90 Å². The Balaban J connectivity index is 0. The summed E-state index contributed by atoms with van der Waals surface area (Å²) < 4.78 is 0. The fourth-order valence-corrected chi connectivity index (χ4v) is 1.28. The lowest BCUT2D eigenvalue weighted by molar-refractivity contribution is -0.131. The number of nitrogens with zero attached hydrogens (tertiary/aromatic N) is 1. The number of hydrogen-bond donors (Lipinski definition) is 1. The van der Waals surface area contributed by atoms with Gasteiger partial charge < -0.3 is 10.0 Å². The van der Waals surface area contributed by atoms with Gasteiger partial charge in [-0.25, -0.2) is 0 Å². The molecule has 4 heteroatoms. The van der Waals surface area contributed by atoms with E-state index in [-0.39, 0.29) is 5.91 Å². The molecule has 1 N–H and O–H groups in total. The van der Waals surface area contributed by atoms with Crippen LogP contribution in [0.2, 0.25) is 0 Å². The fraction of sp³-hybridized carbons (Fsp3) is 0.769. The Hall–Kier alpha value is -0.765. The summed E-state index contributed by atoms with van der Waals surface area (Å²) in [6.45, 7) is 11.6. The third-order valence-corrected chi connectivity index (χ3v) is 1.83. The average Bonchev–Trinajstić information content (AvgIpc) is 2.27. The normalized spacial score (nSPS) is 15.1. The number of rotatable bonds is 2. The molecule has 0 aromatic rings. The van der Waals surface area contributed by atoms with Crippen LogP contribution >= 0.6 is 0 Å². The highest BCUT2D eigenvalue weighted by molar-refractivity contribution is 6.22. The SMILES string of the molecule is CC.CC.[B]C1=CN(CC(C)(C)O)C(=O)CC1. The lowest BCUT2D eigenvalue weighted by Crippen LogP contribution is -2.40. The number of allylic oxidation sites excluding steroid dienone is 1. The molecule has 0 aliphatic carbocycles. The summed E-state index contributed by atoms with van der Waals surface area (Å²) in [6.07, 6.45) is 2.68. The molecule has 0 bridgehead atoms. The van der Waals surface area contributed by atoms with Gasteiger partial charge in [0.15, 0.2) is 0 Å². The van der Waals surface area contributed by atoms with E-state index in [4.69, 9.17) is 7.85 Å². The van der Waals surface area contributed by atoms with Gasteiger partial charge in [0, 0.05) is 6.42 Å². The van der Waals surface area contributed by atoms with Crippen LogP contribution in [0.3, 0.4) is 0 Å². The monoisotopic (exact) mass is 239 g/mol. The maximum Gasteiger partial charge on any atom is 0.226 e. The van der Waals surface area contributed by atoms with Crippen LogP contribution in [0.25, 0.3) is 0 Å². The highest BCUT2D eigenvalue weighted by atomic mass is 16.3. The molecule has 2 radical (unpaired) electrons. The molecule has 0 unspecified atom stereocenters. The lowest BCUT2D eigenvalue weighted by atomic mass is 9.89. The minimum absolute atomic E-state index is 0.0244. The standard InChI is InChI=1S/C9H14BNO2.2C2H6/c1-9(2,13)6-11-5-7(10)3-4-8(11)12;2*1-2/h5,13H,3-4,6H2,1-2H3;2*1-2H3. The first kappa shape index (κ1) is 18.6. The van der Waals surface area contributed by atoms with Crippen molar-refractivity contribution in [3.05, 3.63) is 11.7 Å². The van der Waals surface area contributed by atoms with Crippen LogP contribution in [0.5, 0.6) is 0 Å². The van der Waals surface area contributed by atoms with Gasteiger partial charge in [-0.3, -0.25) is 4.79 Å². The molecule has 1 rings (SSSR count). The third-order valence-electron chi connectivity index (χ3n) is 1.83. The van der Waals surface area contributed by atoms with E-state index in [2.05, 4.69) is 0 Å². The third kappa shape index (κ3) is 8.98. The van der Waals surface area contributed by atoms with Crippen LogP contribution in [-0.2, 0) is 4.79 Å². The van der Waals surface area contributed by atoms with Crippen LogP contribution in [0.1, 0.15) is 54.4 Å². The first-order valence-corrected chi connectivity index (χ1v) is 6.36. The Kier molecular flexibility index (Phi) is 10.2. The first-order valence-electron chi connectivity index (χ1n) is 6.36. The molecule has 0 spiro atoms. The molecule has 1 heterocycles. The van der Waals surface area contributed by atoms with Crippen LogP contribution < -0.4 is 0 Å². The second kappa shape index (κ2) is 9.28. The first-order chi connectivity index (χ1) is 7.88. The summed E-state index contributed by atoms with van der Waals surface area (Å²) in [4.78, 5) is 12.8. The van der Waals surface area contributed by atoms with Crippen molar-refractivity contribution in [3.63, 3.8) is 0 Å². The van der Waals surface area contributed by atoms with Gasteiger partial charge in [-0.05, 0) is 26.5 Å². The van der Waals surface area contributed by atoms with E-state index in [1.165, 1.54) is 4.90 Å². The highest BCUT2D eigenvalue weighted by Gasteiger charge is 2.23. The molecular weight excluding hydrogens is 213 g/mol. The van der Waals surface area contributed by atoms with Crippen molar-refractivity contribution in [1.29, 1.82) is 0 Å². The molecule has 98 valence electrons. The Morgan fingerprint density at radius 2 is 1.76 bits per heavy atom. The predicted octanol–water partition coefficient (Wildman–Crippen LogP) is 2.44. The molecule has 3 nitrogen and oxygen atoms in total. The summed E-state index contributed by atoms with van der Waals surface area (Å²) in [5.74, 6) is 0.0244. The molecule has 1 amide bonds. The number of carbonyl (C=O) groups is 1. The summed E-state index contributed by atoms with van der Waals surface area (Å²) in [6, 6.07) is 0. The zero-order valence-corrected chi connectivity index (χ0v) is 12.1. The summed E-state index contributed by atoms with van der Waals surface area (Å²) >= 11 is 0. The Morgan fingerprint density at radius 1 is 1.29 bits per heavy atom. The molecule has 0 saturated carbocycles. The molecule has 0 fully saturated rings. The molecule has 0 aromatic heterocycles. The summed E-state index contributed by atoms with van der Waals surface area (Å²) in [5.41, 5.74) is -0.173. The van der Waals surface area contributed by atoms with Gasteiger partial charge in [0.2, 0.25) is 5.91 Å². The van der Waals surface area contributed by atoms with E-state index >= 15 is 0 Å². The van der Waals surface area contributed by atoms with Gasteiger partial charge in [0.05, 0.1) is 12.1 Å². The summed E-state index contributed by atoms with van der Waals surface area (Å²) in [7, 11) is 5.59. The van der Waals surface area contributed by atoms with Gasteiger partial charge in [-0.15, -0.1) is 5.47 Å². The number of amides is 1. The second-order valence-electron chi connectivity index (χ2n) is 4.04. The van der Waals surface area contributed by atoms with E-state index in [0.29, 0.717) is 24.9 Å². The molecule has 1 aliphatic heterocycles. The van der Waals surface area contributed by atoms with Crippen LogP contribution in [0.15, 0.2) is 11.7 Å². The lowest BCUT2D eigenvalue weighted by Gasteiger charge is -2.29. The topological polar surface area (TPSA) is 40.5 Å². The number of β-amino-alcohol motifs (C(OH)–C–C–N with tert-alkyl or cyclic N) is 1. The average molecular weight is 239 g/mol. The van der Waals surface area contributed by atoms with Crippen LogP contribution in [0.4, 0.5) is 0 Å². The highest BCUT2D eigenvalue weighted by Crippen LogP contribution is 2.15. The van der Waals surface area contributed by atoms with E-state index in [1.807, 2.05) is 27.7 Å². The smallest absolute Gasteiger partial charge is 0.226 e. The minimum Gasteiger partial charge on any atom is -0.389 e. The van der Waals surface area contributed by atoms with Crippen LogP contribution in [-0.4, -0.2) is 35.9 Å². The van der Waals surface area contributed by atoms with Gasteiger partial charge in [-0.1, -0.05) is 27.7 Å². The van der Waals surface area contributed by atoms with Crippen LogP contribution in [0, 0.1) is 0 Å². The summed E-state index contributed by atoms with van der Waals surface area (Å²) in [5, 5.41) is 9.51. The molecule has 17 heavy (non-hydrogen) atoms. The number of aliphatic hydroxyl groups is 1. The molecule has 0 aromatic carbocycles. The second-order valence-corrected chi connectivity index (χ2v) is 4.04. The molecule has 1 aliphatic rings. The Labute approximate surface area is 107 Å². The predicted molar refractivity (Wildman–Crippen MR) is 73.8 cm³/mol. The molecule has 0 saturated heterocycles. The maximum absolute atomic E-state index is 11.3. The Morgan fingerprint density at radius 3 is 2.18 bits per heavy atom. The maximum atomic E-state index is 11.3. The van der Waals surface area contributed by atoms with E-state index in [0.717, 1.165) is 0 Å². The van der Waals surface area contributed by atoms with Crippen molar-refractivity contribution in [2.75, 3.05) is 6.54 Å². The number of hydrogen-bond acceptors (Lipinski definition) is 2. The largest absolute Gasteiger partial charge is 0.389 e. The zero-order chi connectivity index (χ0) is 14.1. The van der Waals surface area contributed by atoms with Crippen molar-refractivity contribution in [3.8, 4) is 0 Å². The zero-order valence-electron chi connectivity index (χ0n) is 12.1. The van der Waals surface area contributed by atoms with Gasteiger partial charge in [0.1, 0.15) is 7.85 Å². The van der Waals surface area contributed by atoms with Crippen molar-refractivity contribution >= 4 is 13.8 Å². The van der Waals surface area contributed by atoms with Crippen molar-refractivity contribution in [2.24, 2.45) is 0 Å². The van der Waals surface area contributed by atoms with Gasteiger partial charge in [-0.2, -0.15) is 0 Å². The van der Waals surface area contributed by atoms with E-state index in [1.54, 1.807) is 20.0 Å². The minimum atomic E-state index is -0.871. The van der Waals surface area contributed by atoms with Gasteiger partial charge >= 0.3 is 0 Å². The number of carbonyl (C=O) groups excluding carboxylic acids is 1. The Bertz CT molecular complexity index is 244. The van der Waals surface area contributed by atoms with Crippen molar-refractivity contribution in [1.82, 2.24) is 4.90 Å². The molecular formula is C13H26BNO2. The van der Waals surface area contributed by atoms with Crippen molar-refractivity contribution in [2.45, 2.75) is 60.0 Å². The quantitative estimate of drug-likeness (QED) is 0.752. The van der Waals surface area contributed by atoms with Crippen molar-refractivity contribution < 1.29 is 9.90 Å². The fourth-order valence-electron chi connectivity index (χ4n) is 1.28.